The summed E-state index contributed by atoms with van der Waals surface area (Å²) in [6.45, 7) is 9.10. The number of nitrogens with zero attached hydrogens (tertiary/aromatic N) is 4. The van der Waals surface area contributed by atoms with Gasteiger partial charge < -0.3 is 14.5 Å². The van der Waals surface area contributed by atoms with E-state index in [2.05, 4.69) is 64.2 Å². The van der Waals surface area contributed by atoms with Crippen LogP contribution in [0.4, 0.5) is 0 Å². The minimum absolute atomic E-state index is 0.113. The molecule has 7 heteroatoms. The molecule has 1 atom stereocenters. The van der Waals surface area contributed by atoms with Crippen LogP contribution in [0.1, 0.15) is 17.2 Å². The van der Waals surface area contributed by atoms with Crippen LogP contribution in [0, 0.1) is 0 Å². The maximum atomic E-state index is 12.3. The van der Waals surface area contributed by atoms with E-state index in [1.54, 1.807) is 0 Å². The smallest absolute Gasteiger partial charge is 0.248 e. The molecule has 2 aliphatic rings. The molecule has 33 heavy (non-hydrogen) atoms. The van der Waals surface area contributed by atoms with E-state index in [4.69, 9.17) is 16.3 Å². The van der Waals surface area contributed by atoms with Crippen molar-refractivity contribution in [2.45, 2.75) is 6.04 Å². The molecule has 2 aromatic rings. The summed E-state index contributed by atoms with van der Waals surface area (Å²) in [6.07, 6.45) is 0. The molecule has 0 bridgehead atoms. The van der Waals surface area contributed by atoms with Crippen molar-refractivity contribution in [2.24, 2.45) is 0 Å². The fourth-order valence-electron chi connectivity index (χ4n) is 4.64. The predicted octanol–water partition coefficient (Wildman–Crippen LogP) is 2.84. The zero-order valence-electron chi connectivity index (χ0n) is 19.5. The second-order valence-corrected chi connectivity index (χ2v) is 9.42. The highest BCUT2D eigenvalue weighted by molar-refractivity contribution is 6.30. The van der Waals surface area contributed by atoms with Gasteiger partial charge in [0.1, 0.15) is 6.61 Å². The Kier molecular flexibility index (Phi) is 8.75. The molecule has 6 nitrogen and oxygen atoms in total. The Morgan fingerprint density at radius 3 is 2.18 bits per heavy atom. The van der Waals surface area contributed by atoms with Gasteiger partial charge in [-0.05, 0) is 30.3 Å². The monoisotopic (exact) mass is 470 g/mol. The third kappa shape index (κ3) is 6.78. The lowest BCUT2D eigenvalue weighted by atomic mass is 9.96. The van der Waals surface area contributed by atoms with E-state index in [0.29, 0.717) is 6.61 Å². The number of amides is 1. The molecule has 178 valence electrons. The van der Waals surface area contributed by atoms with E-state index in [1.807, 2.05) is 17.0 Å². The normalized spacial score (nSPS) is 19.5. The zero-order valence-corrected chi connectivity index (χ0v) is 20.3. The summed E-state index contributed by atoms with van der Waals surface area (Å²) in [5, 5.41) is 0.765. The Morgan fingerprint density at radius 2 is 1.52 bits per heavy atom. The molecule has 0 aromatic heterocycles. The summed E-state index contributed by atoms with van der Waals surface area (Å²) in [7, 11) is 2.09. The Bertz CT molecular complexity index is 864. The molecule has 4 rings (SSSR count). The maximum absolute atomic E-state index is 12.3. The Labute approximate surface area is 202 Å². The van der Waals surface area contributed by atoms with Crippen LogP contribution in [0.15, 0.2) is 54.6 Å². The fourth-order valence-corrected chi connectivity index (χ4v) is 4.77. The van der Waals surface area contributed by atoms with Gasteiger partial charge in [-0.3, -0.25) is 14.6 Å². The SMILES string of the molecule is CN1CCN(C(=O)COCCN2CCN(C(c3ccccc3)c3ccc(Cl)cc3)CC2)CC1. The van der Waals surface area contributed by atoms with Gasteiger partial charge in [0, 0.05) is 63.9 Å². The molecule has 2 aromatic carbocycles. The van der Waals surface area contributed by atoms with Crippen LogP contribution in [0.25, 0.3) is 0 Å². The second kappa shape index (κ2) is 12.0. The van der Waals surface area contributed by atoms with E-state index < -0.39 is 0 Å². The quantitative estimate of drug-likeness (QED) is 0.555. The summed E-state index contributed by atoms with van der Waals surface area (Å²) in [5.41, 5.74) is 2.57. The molecule has 0 saturated carbocycles. The maximum Gasteiger partial charge on any atom is 0.248 e. The van der Waals surface area contributed by atoms with E-state index >= 15 is 0 Å². The van der Waals surface area contributed by atoms with E-state index in [0.717, 1.165) is 63.9 Å². The molecule has 1 amide bonds. The third-order valence-corrected chi connectivity index (χ3v) is 6.96. The van der Waals surface area contributed by atoms with E-state index in [9.17, 15) is 4.79 Å². The van der Waals surface area contributed by atoms with Crippen molar-refractivity contribution < 1.29 is 9.53 Å². The Hall–Kier alpha value is -1.96. The van der Waals surface area contributed by atoms with Crippen LogP contribution in [0.5, 0.6) is 0 Å². The summed E-state index contributed by atoms with van der Waals surface area (Å²) in [6, 6.07) is 19.1. The summed E-state index contributed by atoms with van der Waals surface area (Å²) in [4.78, 5) is 21.5. The zero-order chi connectivity index (χ0) is 23.0. The molecule has 0 radical (unpaired) electrons. The first-order chi connectivity index (χ1) is 16.1. The molecule has 0 spiro atoms. The topological polar surface area (TPSA) is 39.3 Å². The number of piperazine rings is 2. The average Bonchev–Trinajstić information content (AvgIpc) is 2.85. The van der Waals surface area contributed by atoms with E-state index in [1.165, 1.54) is 11.1 Å². The highest BCUT2D eigenvalue weighted by Gasteiger charge is 2.26. The van der Waals surface area contributed by atoms with Gasteiger partial charge in [0.2, 0.25) is 5.91 Å². The van der Waals surface area contributed by atoms with Crippen molar-refractivity contribution in [3.63, 3.8) is 0 Å². The summed E-state index contributed by atoms with van der Waals surface area (Å²) >= 11 is 6.14. The lowest BCUT2D eigenvalue weighted by molar-refractivity contribution is -0.137. The minimum atomic E-state index is 0.113. The highest BCUT2D eigenvalue weighted by atomic mass is 35.5. The molecular formula is C26H35ClN4O2. The average molecular weight is 471 g/mol. The van der Waals surface area contributed by atoms with Crippen molar-refractivity contribution in [3.8, 4) is 0 Å². The lowest BCUT2D eigenvalue weighted by Gasteiger charge is -2.39. The number of likely N-dealkylation sites (N-methyl/N-ethyl adjacent to an activating group) is 1. The molecule has 0 N–H and O–H groups in total. The van der Waals surface area contributed by atoms with Crippen LogP contribution in [-0.2, 0) is 9.53 Å². The summed E-state index contributed by atoms with van der Waals surface area (Å²) in [5.74, 6) is 0.113. The largest absolute Gasteiger partial charge is 0.370 e. The number of carbonyl (C=O) groups excluding carboxylic acids is 1. The standard InChI is InChI=1S/C26H35ClN4O2/c1-28-11-15-30(16-12-28)25(32)21-33-20-19-29-13-17-31(18-14-29)26(22-5-3-2-4-6-22)23-7-9-24(27)10-8-23/h2-10,26H,11-21H2,1H3. The van der Waals surface area contributed by atoms with Gasteiger partial charge in [0.15, 0.2) is 0 Å². The van der Waals surface area contributed by atoms with Crippen LogP contribution >= 0.6 is 11.6 Å². The van der Waals surface area contributed by atoms with Gasteiger partial charge in [-0.15, -0.1) is 0 Å². The van der Waals surface area contributed by atoms with Crippen molar-refractivity contribution in [3.05, 3.63) is 70.7 Å². The molecule has 1 unspecified atom stereocenters. The van der Waals surface area contributed by atoms with Gasteiger partial charge in [-0.25, -0.2) is 0 Å². The molecule has 2 saturated heterocycles. The first-order valence-corrected chi connectivity index (χ1v) is 12.3. The second-order valence-electron chi connectivity index (χ2n) is 8.98. The minimum Gasteiger partial charge on any atom is -0.370 e. The molecule has 2 fully saturated rings. The molecule has 2 aliphatic heterocycles. The van der Waals surface area contributed by atoms with Gasteiger partial charge in [0.25, 0.3) is 0 Å². The Balaban J connectivity index is 1.24. The lowest BCUT2D eigenvalue weighted by Crippen LogP contribution is -2.49. The van der Waals surface area contributed by atoms with Crippen LogP contribution < -0.4 is 0 Å². The molecule has 2 heterocycles. The van der Waals surface area contributed by atoms with Gasteiger partial charge in [0.05, 0.1) is 12.6 Å². The number of benzene rings is 2. The molecular weight excluding hydrogens is 436 g/mol. The summed E-state index contributed by atoms with van der Waals surface area (Å²) < 4.78 is 5.73. The van der Waals surface area contributed by atoms with Crippen molar-refractivity contribution in [2.75, 3.05) is 79.2 Å². The number of halogens is 1. The Morgan fingerprint density at radius 1 is 0.879 bits per heavy atom. The number of hydrogen-bond donors (Lipinski definition) is 0. The first-order valence-electron chi connectivity index (χ1n) is 11.9. The van der Waals surface area contributed by atoms with E-state index in [-0.39, 0.29) is 18.6 Å². The van der Waals surface area contributed by atoms with Crippen molar-refractivity contribution in [1.82, 2.24) is 19.6 Å². The third-order valence-electron chi connectivity index (χ3n) is 6.71. The van der Waals surface area contributed by atoms with Crippen LogP contribution in [0.3, 0.4) is 0 Å². The van der Waals surface area contributed by atoms with Gasteiger partial charge in [-0.1, -0.05) is 54.1 Å². The number of hydrogen-bond acceptors (Lipinski definition) is 5. The van der Waals surface area contributed by atoms with Gasteiger partial charge >= 0.3 is 0 Å². The van der Waals surface area contributed by atoms with Crippen molar-refractivity contribution >= 4 is 17.5 Å². The number of carbonyl (C=O) groups is 1. The first kappa shape index (κ1) is 24.2. The van der Waals surface area contributed by atoms with Crippen LogP contribution in [0.2, 0.25) is 5.02 Å². The molecule has 0 aliphatic carbocycles. The van der Waals surface area contributed by atoms with Crippen LogP contribution in [-0.4, -0.2) is 105 Å². The predicted molar refractivity (Wildman–Crippen MR) is 133 cm³/mol. The highest BCUT2D eigenvalue weighted by Crippen LogP contribution is 2.30. The number of rotatable bonds is 8. The fraction of sp³-hybridized carbons (Fsp3) is 0.500. The number of ether oxygens (including phenoxy) is 1. The van der Waals surface area contributed by atoms with Crippen molar-refractivity contribution in [1.29, 1.82) is 0 Å². The van der Waals surface area contributed by atoms with Gasteiger partial charge in [-0.2, -0.15) is 0 Å².